The van der Waals surface area contributed by atoms with Gasteiger partial charge in [-0.1, -0.05) is 60.7 Å². The molecule has 0 unspecified atom stereocenters. The van der Waals surface area contributed by atoms with Crippen LogP contribution in [0.15, 0.2) is 94.7 Å². The Labute approximate surface area is 186 Å². The van der Waals surface area contributed by atoms with Crippen molar-refractivity contribution in [1.29, 1.82) is 0 Å². The number of rotatable bonds is 8. The number of aliphatic imine (C=N–C) groups is 1. The Morgan fingerprint density at radius 3 is 2.44 bits per heavy atom. The SMILES string of the molecule is CCOC(=O)C(Cc1ccco1)=Nc1ncc(-c2ccccc2)nc1Cc1ccccc1. The van der Waals surface area contributed by atoms with Crippen molar-refractivity contribution in [3.63, 3.8) is 0 Å². The van der Waals surface area contributed by atoms with Crippen molar-refractivity contribution in [2.24, 2.45) is 4.99 Å². The predicted molar refractivity (Wildman–Crippen MR) is 123 cm³/mol. The fraction of sp³-hybridized carbons (Fsp3) is 0.154. The standard InChI is InChI=1S/C26H23N3O3/c1-2-31-26(30)23(17-21-14-9-15-32-21)29-25-22(16-19-10-5-3-6-11-19)28-24(18-27-25)20-12-7-4-8-13-20/h3-15,18H,2,16-17H2,1H3. The topological polar surface area (TPSA) is 77.6 Å². The van der Waals surface area contributed by atoms with E-state index in [0.717, 1.165) is 16.8 Å². The van der Waals surface area contributed by atoms with Crippen LogP contribution in [0, 0.1) is 0 Å². The molecular formula is C26H23N3O3. The number of carbonyl (C=O) groups is 1. The zero-order valence-corrected chi connectivity index (χ0v) is 17.8. The average molecular weight is 425 g/mol. The third kappa shape index (κ3) is 5.35. The molecular weight excluding hydrogens is 402 g/mol. The van der Waals surface area contributed by atoms with Crippen molar-refractivity contribution in [1.82, 2.24) is 9.97 Å². The predicted octanol–water partition coefficient (Wildman–Crippen LogP) is 5.21. The van der Waals surface area contributed by atoms with Crippen LogP contribution in [0.3, 0.4) is 0 Å². The van der Waals surface area contributed by atoms with Gasteiger partial charge >= 0.3 is 5.97 Å². The molecule has 4 rings (SSSR count). The van der Waals surface area contributed by atoms with Crippen LogP contribution in [-0.2, 0) is 22.4 Å². The maximum atomic E-state index is 12.6. The molecule has 4 aromatic rings. The second kappa shape index (κ2) is 10.3. The van der Waals surface area contributed by atoms with E-state index in [2.05, 4.69) is 9.98 Å². The van der Waals surface area contributed by atoms with Crippen LogP contribution >= 0.6 is 0 Å². The van der Waals surface area contributed by atoms with E-state index in [9.17, 15) is 4.79 Å². The van der Waals surface area contributed by atoms with Crippen molar-refractivity contribution in [2.45, 2.75) is 19.8 Å². The van der Waals surface area contributed by atoms with Gasteiger partial charge in [0.2, 0.25) is 0 Å². The molecule has 160 valence electrons. The Balaban J connectivity index is 1.76. The first-order chi connectivity index (χ1) is 15.7. The van der Waals surface area contributed by atoms with E-state index < -0.39 is 5.97 Å². The molecule has 0 aliphatic carbocycles. The maximum absolute atomic E-state index is 12.6. The van der Waals surface area contributed by atoms with Gasteiger partial charge < -0.3 is 9.15 Å². The lowest BCUT2D eigenvalue weighted by atomic mass is 10.1. The number of ether oxygens (including phenoxy) is 1. The van der Waals surface area contributed by atoms with Gasteiger partial charge in [0, 0.05) is 12.0 Å². The molecule has 0 amide bonds. The quantitative estimate of drug-likeness (QED) is 0.286. The molecule has 2 aromatic carbocycles. The van der Waals surface area contributed by atoms with Gasteiger partial charge in [0.25, 0.3) is 0 Å². The minimum absolute atomic E-state index is 0.207. The molecule has 32 heavy (non-hydrogen) atoms. The summed E-state index contributed by atoms with van der Waals surface area (Å²) in [5.74, 6) is 0.516. The minimum atomic E-state index is -0.497. The highest BCUT2D eigenvalue weighted by atomic mass is 16.5. The third-order valence-electron chi connectivity index (χ3n) is 4.78. The van der Waals surface area contributed by atoms with E-state index in [-0.39, 0.29) is 18.7 Å². The average Bonchev–Trinajstić information content (AvgIpc) is 3.34. The largest absolute Gasteiger partial charge is 0.469 e. The summed E-state index contributed by atoms with van der Waals surface area (Å²) in [6.45, 7) is 2.02. The Bertz CT molecular complexity index is 1190. The van der Waals surface area contributed by atoms with Crippen LogP contribution in [0.5, 0.6) is 0 Å². The highest BCUT2D eigenvalue weighted by Gasteiger charge is 2.18. The van der Waals surface area contributed by atoms with Crippen molar-refractivity contribution >= 4 is 17.5 Å². The molecule has 0 radical (unpaired) electrons. The molecule has 2 aromatic heterocycles. The molecule has 2 heterocycles. The first-order valence-electron chi connectivity index (χ1n) is 10.4. The van der Waals surface area contributed by atoms with E-state index in [1.165, 1.54) is 0 Å². The van der Waals surface area contributed by atoms with Crippen molar-refractivity contribution in [3.8, 4) is 11.3 Å². The molecule has 0 saturated heterocycles. The lowest BCUT2D eigenvalue weighted by Gasteiger charge is -2.10. The first kappa shape index (κ1) is 21.2. The van der Waals surface area contributed by atoms with Crippen molar-refractivity contribution < 1.29 is 13.9 Å². The number of hydrogen-bond acceptors (Lipinski definition) is 6. The molecule has 0 saturated carbocycles. The van der Waals surface area contributed by atoms with Gasteiger partial charge in [-0.2, -0.15) is 0 Å². The fourth-order valence-electron chi connectivity index (χ4n) is 3.25. The second-order valence-electron chi connectivity index (χ2n) is 7.09. The minimum Gasteiger partial charge on any atom is -0.469 e. The summed E-state index contributed by atoms with van der Waals surface area (Å²) in [4.78, 5) is 26.6. The highest BCUT2D eigenvalue weighted by molar-refractivity contribution is 6.37. The smallest absolute Gasteiger partial charge is 0.353 e. The Hall–Kier alpha value is -4.06. The normalized spacial score (nSPS) is 11.3. The number of hydrogen-bond donors (Lipinski definition) is 0. The lowest BCUT2D eigenvalue weighted by Crippen LogP contribution is -2.20. The highest BCUT2D eigenvalue weighted by Crippen LogP contribution is 2.24. The van der Waals surface area contributed by atoms with Crippen molar-refractivity contribution in [3.05, 3.63) is 102 Å². The van der Waals surface area contributed by atoms with Crippen LogP contribution in [0.2, 0.25) is 0 Å². The summed E-state index contributed by atoms with van der Waals surface area (Å²) < 4.78 is 10.6. The van der Waals surface area contributed by atoms with E-state index >= 15 is 0 Å². The number of furan rings is 1. The number of esters is 1. The summed E-state index contributed by atoms with van der Waals surface area (Å²) in [6, 6.07) is 23.4. The number of aromatic nitrogens is 2. The van der Waals surface area contributed by atoms with Gasteiger partial charge in [0.15, 0.2) is 5.82 Å². The summed E-state index contributed by atoms with van der Waals surface area (Å²) in [5, 5.41) is 0. The van der Waals surface area contributed by atoms with Gasteiger partial charge in [-0.05, 0) is 24.6 Å². The monoisotopic (exact) mass is 425 g/mol. The lowest BCUT2D eigenvalue weighted by molar-refractivity contribution is -0.135. The summed E-state index contributed by atoms with van der Waals surface area (Å²) in [7, 11) is 0. The van der Waals surface area contributed by atoms with Gasteiger partial charge in [0.1, 0.15) is 11.5 Å². The Morgan fingerprint density at radius 2 is 1.75 bits per heavy atom. The molecule has 0 spiro atoms. The molecule has 0 N–H and O–H groups in total. The molecule has 0 atom stereocenters. The Morgan fingerprint density at radius 1 is 1.00 bits per heavy atom. The third-order valence-corrected chi connectivity index (χ3v) is 4.78. The zero-order valence-electron chi connectivity index (χ0n) is 17.8. The number of benzene rings is 2. The van der Waals surface area contributed by atoms with Crippen molar-refractivity contribution in [2.75, 3.05) is 6.61 Å². The molecule has 0 aliphatic heterocycles. The van der Waals surface area contributed by atoms with Gasteiger partial charge in [-0.3, -0.25) is 0 Å². The summed E-state index contributed by atoms with van der Waals surface area (Å²) in [5.41, 5.74) is 3.69. The number of nitrogens with zero attached hydrogens (tertiary/aromatic N) is 3. The van der Waals surface area contributed by atoms with E-state index in [1.807, 2.05) is 60.7 Å². The van der Waals surface area contributed by atoms with Crippen LogP contribution in [0.25, 0.3) is 11.3 Å². The van der Waals surface area contributed by atoms with E-state index in [1.54, 1.807) is 31.5 Å². The molecule has 0 bridgehead atoms. The second-order valence-corrected chi connectivity index (χ2v) is 7.09. The van der Waals surface area contributed by atoms with Crippen LogP contribution in [0.1, 0.15) is 23.9 Å². The van der Waals surface area contributed by atoms with E-state index in [0.29, 0.717) is 23.7 Å². The van der Waals surface area contributed by atoms with Crippen LogP contribution in [0.4, 0.5) is 5.82 Å². The molecule has 6 heteroatoms. The zero-order chi connectivity index (χ0) is 22.2. The summed E-state index contributed by atoms with van der Waals surface area (Å²) in [6.07, 6.45) is 3.98. The molecule has 6 nitrogen and oxygen atoms in total. The van der Waals surface area contributed by atoms with Gasteiger partial charge in [-0.15, -0.1) is 0 Å². The number of carbonyl (C=O) groups excluding carboxylic acids is 1. The van der Waals surface area contributed by atoms with Crippen LogP contribution in [-0.4, -0.2) is 28.3 Å². The van der Waals surface area contributed by atoms with Crippen LogP contribution < -0.4 is 0 Å². The Kier molecular flexibility index (Phi) is 6.82. The van der Waals surface area contributed by atoms with Gasteiger partial charge in [-0.25, -0.2) is 19.8 Å². The first-order valence-corrected chi connectivity index (χ1v) is 10.4. The fourth-order valence-corrected chi connectivity index (χ4v) is 3.25. The van der Waals surface area contributed by atoms with E-state index in [4.69, 9.17) is 14.1 Å². The molecule has 0 fully saturated rings. The summed E-state index contributed by atoms with van der Waals surface area (Å²) >= 11 is 0. The molecule has 0 aliphatic rings. The maximum Gasteiger partial charge on any atom is 0.353 e. The van der Waals surface area contributed by atoms with Gasteiger partial charge in [0.05, 0.1) is 36.9 Å².